The summed E-state index contributed by atoms with van der Waals surface area (Å²) in [7, 11) is 12.4. The molecule has 0 radical (unpaired) electrons. The van der Waals surface area contributed by atoms with Gasteiger partial charge in [-0.1, -0.05) is 120 Å². The Hall–Kier alpha value is -10.0. The van der Waals surface area contributed by atoms with Gasteiger partial charge in [0.15, 0.2) is 52.9 Å². The molecule has 438 valence electrons. The van der Waals surface area contributed by atoms with Crippen LogP contribution in [0.15, 0.2) is 200 Å². The molecule has 89 heavy (non-hydrogen) atoms. The zero-order valence-electron chi connectivity index (χ0n) is 55.9. The highest BCUT2D eigenvalue weighted by atomic mass is 16.4. The van der Waals surface area contributed by atoms with Gasteiger partial charge in [-0.2, -0.15) is 0 Å². The van der Waals surface area contributed by atoms with Crippen molar-refractivity contribution >= 4 is 106 Å². The van der Waals surface area contributed by atoms with Gasteiger partial charge in [0.05, 0.1) is 11.1 Å². The van der Waals surface area contributed by atoms with Crippen LogP contribution in [0.3, 0.4) is 0 Å². The Labute approximate surface area is 527 Å². The molecule has 0 spiro atoms. The first kappa shape index (κ1) is 54.4. The van der Waals surface area contributed by atoms with Gasteiger partial charge in [-0.3, -0.25) is 0 Å². The third-order valence-corrected chi connectivity index (χ3v) is 17.8. The molecule has 3 aliphatic rings. The fourth-order valence-electron chi connectivity index (χ4n) is 13.4. The quantitative estimate of drug-likeness (QED) is 0.119. The number of aryl methyl sites for hydroxylation is 8. The number of hydrogen-bond acceptors (Lipinski definition) is 9. The van der Waals surface area contributed by atoms with Crippen LogP contribution < -0.4 is 44.9 Å². The van der Waals surface area contributed by atoms with E-state index in [-0.39, 0.29) is 20.5 Å². The van der Waals surface area contributed by atoms with E-state index in [1.54, 1.807) is 6.20 Å². The third kappa shape index (κ3) is 10.6. The molecule has 12 heterocycles. The Balaban J connectivity index is 0.000000126. The molecule has 3 aromatic carbocycles. The standard InChI is InChI=1S/2C25H25BN3O.C24H23BN3O/c1-16-15-28(4)23(14-21(16)19-9-7-6-8-10-19)26-17(2)13-22-20-12-11-18(3)27-24(20)30-25(22)29(26)5;1-16-13-23(28(4)15-22(16)19-9-7-6-8-10-19)26-17(2)14-21-20-12-11-18(3)27-24(20)30-25(21)29(26)5;1-16-14-21-23(20-11-10-17(2)26-24(20)29-21)28(4)25(16)22-15-19(12-13-27(22)3)18-8-6-5-7-9-18/h2*6-15H,1-5H3;5-15H,1-4H3/q3*+1/i1D3;;. The molecular weight excluding hydrogens is 1100 g/mol. The third-order valence-electron chi connectivity index (χ3n) is 17.8. The Bertz CT molecular complexity index is 4970. The summed E-state index contributed by atoms with van der Waals surface area (Å²) in [5.41, 5.74) is 23.4. The number of aromatic nitrogens is 6. The largest absolute Gasteiger partial charge is 0.436 e. The molecule has 9 aromatic heterocycles. The second-order valence-electron chi connectivity index (χ2n) is 24.2. The van der Waals surface area contributed by atoms with Gasteiger partial charge >= 0.3 is 20.5 Å². The minimum absolute atomic E-state index is 0.104. The highest BCUT2D eigenvalue weighted by Crippen LogP contribution is 2.41. The van der Waals surface area contributed by atoms with Crippen LogP contribution in [-0.4, -0.2) is 56.6 Å². The fraction of sp³-hybridized carbons (Fsp3) is 0.189. The number of allylic oxidation sites excluding steroid dienone is 3. The predicted octanol–water partition coefficient (Wildman–Crippen LogP) is 12.4. The fourth-order valence-corrected chi connectivity index (χ4v) is 13.4. The molecular formula is C74H73B3N9O3+3. The molecule has 12 nitrogen and oxygen atoms in total. The van der Waals surface area contributed by atoms with Crippen LogP contribution in [0.2, 0.25) is 0 Å². The molecule has 0 amide bonds. The summed E-state index contributed by atoms with van der Waals surface area (Å²) in [5.74, 6) is 2.53. The normalized spacial score (nSPS) is 14.2. The molecule has 0 fully saturated rings. The van der Waals surface area contributed by atoms with E-state index in [2.05, 4.69) is 222 Å². The highest BCUT2D eigenvalue weighted by molar-refractivity contribution is 6.84. The average Bonchev–Trinajstić information content (AvgIpc) is 1.50. The van der Waals surface area contributed by atoms with E-state index < -0.39 is 6.85 Å². The highest BCUT2D eigenvalue weighted by Gasteiger charge is 2.42. The number of hydrogen-bond donors (Lipinski definition) is 0. The Morgan fingerprint density at radius 1 is 0.416 bits per heavy atom. The van der Waals surface area contributed by atoms with Gasteiger partial charge in [0.1, 0.15) is 21.1 Å². The van der Waals surface area contributed by atoms with E-state index in [4.69, 9.17) is 17.4 Å². The molecule has 0 aliphatic carbocycles. The summed E-state index contributed by atoms with van der Waals surface area (Å²) in [6.45, 7) is 12.5. The Kier molecular flexibility index (Phi) is 14.2. The van der Waals surface area contributed by atoms with Crippen molar-refractivity contribution in [2.75, 3.05) is 35.6 Å². The average molecular weight is 1170 g/mol. The van der Waals surface area contributed by atoms with Crippen molar-refractivity contribution in [2.45, 2.75) is 55.3 Å². The number of benzene rings is 3. The van der Waals surface area contributed by atoms with Crippen LogP contribution in [0.5, 0.6) is 0 Å². The van der Waals surface area contributed by atoms with E-state index in [1.807, 2.05) is 94.0 Å². The zero-order valence-corrected chi connectivity index (χ0v) is 52.9. The lowest BCUT2D eigenvalue weighted by Gasteiger charge is -2.29. The number of nitrogens with zero attached hydrogens (tertiary/aromatic N) is 9. The number of furan rings is 3. The van der Waals surface area contributed by atoms with E-state index in [0.717, 1.165) is 89.8 Å². The SMILES string of the molecule is CC1=Cc2c(oc3nc(C)ccc23)N(C)B1c1cc(C)c(-c2ccccc2)c[n+]1C.CC1=Cc2oc3nc(C)ccc3c2N(C)B1c1cc(-c2ccccc2)cc[n+]1C.[2H]C([2H])([2H])c1c[n+](C)c(B2C(C)=Cc3c(oc4nc(C)ccc34)N2C)cc1-c1ccccc1. The van der Waals surface area contributed by atoms with Gasteiger partial charge in [-0.15, -0.1) is 0 Å². The summed E-state index contributed by atoms with van der Waals surface area (Å²) >= 11 is 0. The predicted molar refractivity (Wildman–Crippen MR) is 367 cm³/mol. The lowest BCUT2D eigenvalue weighted by molar-refractivity contribution is -0.654. The topological polar surface area (TPSA) is 99.5 Å². The van der Waals surface area contributed by atoms with Crippen molar-refractivity contribution < 1.29 is 31.1 Å². The van der Waals surface area contributed by atoms with Gasteiger partial charge < -0.3 is 27.7 Å². The van der Waals surface area contributed by atoms with Crippen molar-refractivity contribution in [1.82, 2.24) is 15.0 Å². The number of rotatable bonds is 6. The van der Waals surface area contributed by atoms with Crippen molar-refractivity contribution in [2.24, 2.45) is 21.1 Å². The van der Waals surface area contributed by atoms with E-state index >= 15 is 0 Å². The lowest BCUT2D eigenvalue weighted by Crippen LogP contribution is -2.62. The van der Waals surface area contributed by atoms with Crippen LogP contribution in [-0.2, 0) is 21.1 Å². The van der Waals surface area contributed by atoms with Crippen LogP contribution in [0.4, 0.5) is 17.5 Å². The molecule has 0 atom stereocenters. The van der Waals surface area contributed by atoms with Crippen molar-refractivity contribution in [3.63, 3.8) is 0 Å². The van der Waals surface area contributed by atoms with Gasteiger partial charge in [-0.25, -0.2) is 28.7 Å². The Morgan fingerprint density at radius 2 is 0.865 bits per heavy atom. The molecule has 15 rings (SSSR count). The maximum Gasteiger partial charge on any atom is 0.401 e. The van der Waals surface area contributed by atoms with Crippen molar-refractivity contribution in [3.05, 3.63) is 232 Å². The van der Waals surface area contributed by atoms with E-state index in [9.17, 15) is 0 Å². The first-order valence-corrected chi connectivity index (χ1v) is 30.3. The molecule has 0 saturated heterocycles. The van der Waals surface area contributed by atoms with Gasteiger partial charge in [-0.05, 0) is 152 Å². The maximum absolute atomic E-state index is 8.11. The first-order chi connectivity index (χ1) is 44.1. The summed E-state index contributed by atoms with van der Waals surface area (Å²) < 4.78 is 49.2. The lowest BCUT2D eigenvalue weighted by atomic mass is 9.49. The zero-order chi connectivity index (χ0) is 64.6. The molecule has 0 bridgehead atoms. The van der Waals surface area contributed by atoms with Crippen molar-refractivity contribution in [1.29, 1.82) is 0 Å². The van der Waals surface area contributed by atoms with Crippen LogP contribution in [0.1, 0.15) is 70.0 Å². The Morgan fingerprint density at radius 3 is 1.40 bits per heavy atom. The molecule has 3 aliphatic heterocycles. The molecule has 12 aromatic rings. The van der Waals surface area contributed by atoms with Crippen molar-refractivity contribution in [3.8, 4) is 33.4 Å². The monoisotopic (exact) mass is 1170 g/mol. The summed E-state index contributed by atoms with van der Waals surface area (Å²) in [6, 6.07) is 51.9. The number of fused-ring (bicyclic) bond motifs is 9. The van der Waals surface area contributed by atoms with Gasteiger partial charge in [0.2, 0.25) is 17.1 Å². The summed E-state index contributed by atoms with van der Waals surface area (Å²) in [5, 5.41) is 3.12. The molecule has 0 N–H and O–H groups in total. The minimum Gasteiger partial charge on any atom is -0.436 e. The number of pyridine rings is 6. The van der Waals surface area contributed by atoms with Gasteiger partial charge in [0, 0.05) is 78.5 Å². The molecule has 15 heteroatoms. The summed E-state index contributed by atoms with van der Waals surface area (Å²) in [4.78, 5) is 20.4. The first-order valence-electron chi connectivity index (χ1n) is 31.8. The van der Waals surface area contributed by atoms with Gasteiger partial charge in [0.25, 0.3) is 0 Å². The summed E-state index contributed by atoms with van der Waals surface area (Å²) in [6.07, 6.45) is 12.7. The maximum atomic E-state index is 8.11. The second kappa shape index (κ2) is 23.3. The minimum atomic E-state index is -2.22. The van der Waals surface area contributed by atoms with E-state index in [0.29, 0.717) is 22.7 Å². The van der Waals surface area contributed by atoms with Crippen LogP contribution in [0, 0.1) is 34.5 Å². The second-order valence-corrected chi connectivity index (χ2v) is 24.2. The molecule has 0 saturated carbocycles. The molecule has 0 unspecified atom stereocenters. The smallest absolute Gasteiger partial charge is 0.401 e. The van der Waals surface area contributed by atoms with Crippen LogP contribution >= 0.6 is 0 Å². The number of anilines is 3. The van der Waals surface area contributed by atoms with E-state index in [1.165, 1.54) is 49.9 Å². The van der Waals surface area contributed by atoms with Crippen LogP contribution in [0.25, 0.3) is 84.9 Å².